The molecule has 0 atom stereocenters. The van der Waals surface area contributed by atoms with Crippen LogP contribution in [0.1, 0.15) is 44.1 Å². The Bertz CT molecular complexity index is 1280. The van der Waals surface area contributed by atoms with E-state index in [0.717, 1.165) is 41.0 Å². The summed E-state index contributed by atoms with van der Waals surface area (Å²) in [6, 6.07) is 8.79. The maximum atomic E-state index is 12.8. The van der Waals surface area contributed by atoms with Crippen LogP contribution in [0.2, 0.25) is 5.02 Å². The molecule has 0 aliphatic carbocycles. The minimum atomic E-state index is -3.55. The highest BCUT2D eigenvalue weighted by molar-refractivity contribution is 7.89. The first kappa shape index (κ1) is 25.2. The number of hydrogen-bond acceptors (Lipinski definition) is 4. The summed E-state index contributed by atoms with van der Waals surface area (Å²) >= 11 is 6.35. The summed E-state index contributed by atoms with van der Waals surface area (Å²) in [5.74, 6) is 0.645. The van der Waals surface area contributed by atoms with Crippen molar-refractivity contribution in [3.8, 4) is 0 Å². The number of fused-ring (bicyclic) bond motifs is 1. The molecule has 7 nitrogen and oxygen atoms in total. The summed E-state index contributed by atoms with van der Waals surface area (Å²) in [6.45, 7) is 6.74. The number of aromatic nitrogens is 2. The van der Waals surface area contributed by atoms with Gasteiger partial charge in [0.2, 0.25) is 15.9 Å². The monoisotopic (exact) mass is 490 g/mol. The predicted molar refractivity (Wildman–Crippen MR) is 133 cm³/mol. The molecule has 0 saturated carbocycles. The third-order valence-corrected chi connectivity index (χ3v) is 7.98. The van der Waals surface area contributed by atoms with Crippen LogP contribution in [-0.2, 0) is 40.6 Å². The lowest BCUT2D eigenvalue weighted by atomic mass is 10.0. The maximum Gasteiger partial charge on any atom is 0.242 e. The van der Waals surface area contributed by atoms with E-state index in [4.69, 9.17) is 11.6 Å². The molecule has 0 unspecified atom stereocenters. The largest absolute Gasteiger partial charge is 0.328 e. The van der Waals surface area contributed by atoms with Crippen LogP contribution in [0.5, 0.6) is 0 Å². The molecular formula is C24H31ClN4O3S. The standard InChI is InChI=1S/C24H31ClN4O3S/c1-6-16-9-11-19(25)18(7-2)24(16)27-23(30)14-13-22-26-20-15-17(33(31,32)28(4)5)10-12-21(20)29(22)8-3/h9-12,15H,6-8,13-14H2,1-5H3,(H,27,30). The molecule has 0 fully saturated rings. The number of nitrogens with one attached hydrogen (secondary N) is 1. The first-order valence-corrected chi connectivity index (χ1v) is 13.0. The number of halogens is 1. The van der Waals surface area contributed by atoms with E-state index in [9.17, 15) is 13.2 Å². The number of carbonyl (C=O) groups excluding carboxylic acids is 1. The second-order valence-corrected chi connectivity index (χ2v) is 10.6. The maximum absolute atomic E-state index is 12.8. The first-order valence-electron chi connectivity index (χ1n) is 11.2. The zero-order chi connectivity index (χ0) is 24.3. The Labute approximate surface area is 200 Å². The molecule has 2 aromatic carbocycles. The molecular weight excluding hydrogens is 460 g/mol. The molecule has 0 radical (unpaired) electrons. The molecule has 1 N–H and O–H groups in total. The van der Waals surface area contributed by atoms with Gasteiger partial charge in [-0.15, -0.1) is 0 Å². The van der Waals surface area contributed by atoms with Crippen molar-refractivity contribution in [2.45, 2.75) is 57.9 Å². The van der Waals surface area contributed by atoms with E-state index in [1.54, 1.807) is 18.2 Å². The number of nitrogens with zero attached hydrogens (tertiary/aromatic N) is 3. The number of sulfonamides is 1. The van der Waals surface area contributed by atoms with E-state index in [1.165, 1.54) is 18.4 Å². The van der Waals surface area contributed by atoms with Crippen LogP contribution >= 0.6 is 11.6 Å². The lowest BCUT2D eigenvalue weighted by molar-refractivity contribution is -0.116. The second-order valence-electron chi connectivity index (χ2n) is 8.03. The quantitative estimate of drug-likeness (QED) is 0.473. The summed E-state index contributed by atoms with van der Waals surface area (Å²) in [5.41, 5.74) is 4.26. The van der Waals surface area contributed by atoms with Gasteiger partial charge in [-0.1, -0.05) is 31.5 Å². The van der Waals surface area contributed by atoms with E-state index in [-0.39, 0.29) is 17.2 Å². The van der Waals surface area contributed by atoms with Gasteiger partial charge in [-0.3, -0.25) is 4.79 Å². The molecule has 9 heteroatoms. The summed E-state index contributed by atoms with van der Waals surface area (Å²) < 4.78 is 28.2. The molecule has 0 spiro atoms. The van der Waals surface area contributed by atoms with Crippen molar-refractivity contribution >= 4 is 44.3 Å². The van der Waals surface area contributed by atoms with Crippen LogP contribution < -0.4 is 5.32 Å². The van der Waals surface area contributed by atoms with Gasteiger partial charge in [0, 0.05) is 44.2 Å². The number of imidazole rings is 1. The van der Waals surface area contributed by atoms with Crippen molar-refractivity contribution in [3.05, 3.63) is 52.3 Å². The molecule has 0 saturated heterocycles. The zero-order valence-corrected chi connectivity index (χ0v) is 21.3. The number of anilines is 1. The van der Waals surface area contributed by atoms with Gasteiger partial charge >= 0.3 is 0 Å². The number of amides is 1. The SMILES string of the molecule is CCc1ccc(Cl)c(CC)c1NC(=O)CCc1nc2cc(S(=O)(=O)N(C)C)ccc2n1CC. The van der Waals surface area contributed by atoms with Crippen LogP contribution in [0.25, 0.3) is 11.0 Å². The number of benzene rings is 2. The van der Waals surface area contributed by atoms with E-state index in [2.05, 4.69) is 10.3 Å². The fraction of sp³-hybridized carbons (Fsp3) is 0.417. The van der Waals surface area contributed by atoms with Gasteiger partial charge in [-0.2, -0.15) is 0 Å². The smallest absolute Gasteiger partial charge is 0.242 e. The average molecular weight is 491 g/mol. The Morgan fingerprint density at radius 2 is 1.85 bits per heavy atom. The Balaban J connectivity index is 1.84. The number of hydrogen-bond donors (Lipinski definition) is 1. The zero-order valence-electron chi connectivity index (χ0n) is 19.8. The second kappa shape index (κ2) is 10.2. The minimum absolute atomic E-state index is 0.104. The van der Waals surface area contributed by atoms with Gasteiger partial charge in [-0.05, 0) is 55.2 Å². The normalized spacial score (nSPS) is 12.0. The Morgan fingerprint density at radius 3 is 2.45 bits per heavy atom. The lowest BCUT2D eigenvalue weighted by Gasteiger charge is -2.16. The van der Waals surface area contributed by atoms with Gasteiger partial charge in [0.1, 0.15) is 5.82 Å². The van der Waals surface area contributed by atoms with Gasteiger partial charge < -0.3 is 9.88 Å². The Kier molecular flexibility index (Phi) is 7.82. The molecule has 178 valence electrons. The van der Waals surface area contributed by atoms with E-state index >= 15 is 0 Å². The van der Waals surface area contributed by atoms with Gasteiger partial charge in [0.15, 0.2) is 0 Å². The summed E-state index contributed by atoms with van der Waals surface area (Å²) in [5, 5.41) is 3.71. The fourth-order valence-corrected chi connectivity index (χ4v) is 5.18. The van der Waals surface area contributed by atoms with Crippen molar-refractivity contribution in [3.63, 3.8) is 0 Å². The summed E-state index contributed by atoms with van der Waals surface area (Å²) in [7, 11) is -0.543. The fourth-order valence-electron chi connectivity index (χ4n) is 3.97. The number of carbonyl (C=O) groups is 1. The Hall–Kier alpha value is -2.42. The van der Waals surface area contributed by atoms with E-state index < -0.39 is 10.0 Å². The van der Waals surface area contributed by atoms with Gasteiger partial charge in [0.25, 0.3) is 0 Å². The molecule has 3 rings (SSSR count). The topological polar surface area (TPSA) is 84.3 Å². The molecule has 1 amide bonds. The molecule has 3 aromatic rings. The molecule has 0 aliphatic heterocycles. The lowest BCUT2D eigenvalue weighted by Crippen LogP contribution is -2.22. The van der Waals surface area contributed by atoms with E-state index in [0.29, 0.717) is 23.5 Å². The van der Waals surface area contributed by atoms with Crippen LogP contribution in [0.3, 0.4) is 0 Å². The highest BCUT2D eigenvalue weighted by atomic mass is 35.5. The molecule has 0 bridgehead atoms. The molecule has 0 aliphatic rings. The minimum Gasteiger partial charge on any atom is -0.328 e. The van der Waals surface area contributed by atoms with Crippen molar-refractivity contribution < 1.29 is 13.2 Å². The average Bonchev–Trinajstić information content (AvgIpc) is 3.14. The Morgan fingerprint density at radius 1 is 1.12 bits per heavy atom. The number of aryl methyl sites for hydroxylation is 3. The summed E-state index contributed by atoms with van der Waals surface area (Å²) in [6.07, 6.45) is 2.22. The highest BCUT2D eigenvalue weighted by Crippen LogP contribution is 2.30. The molecule has 33 heavy (non-hydrogen) atoms. The van der Waals surface area contributed by atoms with Crippen molar-refractivity contribution in [2.24, 2.45) is 0 Å². The van der Waals surface area contributed by atoms with Crippen molar-refractivity contribution in [1.82, 2.24) is 13.9 Å². The van der Waals surface area contributed by atoms with Gasteiger partial charge in [0.05, 0.1) is 15.9 Å². The number of rotatable bonds is 9. The third-order valence-electron chi connectivity index (χ3n) is 5.81. The first-order chi connectivity index (χ1) is 15.6. The van der Waals surface area contributed by atoms with Gasteiger partial charge in [-0.25, -0.2) is 17.7 Å². The van der Waals surface area contributed by atoms with Crippen LogP contribution in [-0.4, -0.2) is 42.3 Å². The summed E-state index contributed by atoms with van der Waals surface area (Å²) in [4.78, 5) is 17.7. The van der Waals surface area contributed by atoms with Crippen molar-refractivity contribution in [1.29, 1.82) is 0 Å². The van der Waals surface area contributed by atoms with Crippen LogP contribution in [0, 0.1) is 0 Å². The van der Waals surface area contributed by atoms with Crippen LogP contribution in [0.4, 0.5) is 5.69 Å². The third kappa shape index (κ3) is 5.08. The molecule has 1 aromatic heterocycles. The van der Waals surface area contributed by atoms with Crippen molar-refractivity contribution in [2.75, 3.05) is 19.4 Å². The predicted octanol–water partition coefficient (Wildman–Crippen LogP) is 4.66. The highest BCUT2D eigenvalue weighted by Gasteiger charge is 2.20. The van der Waals surface area contributed by atoms with Crippen LogP contribution in [0.15, 0.2) is 35.2 Å². The van der Waals surface area contributed by atoms with E-state index in [1.807, 2.05) is 37.5 Å². The molecule has 1 heterocycles.